The highest BCUT2D eigenvalue weighted by Crippen LogP contribution is 2.28. The lowest BCUT2D eigenvalue weighted by atomic mass is 10.1. The molecule has 2 N–H and O–H groups in total. The fourth-order valence-corrected chi connectivity index (χ4v) is 5.03. The summed E-state index contributed by atoms with van der Waals surface area (Å²) < 4.78 is 29.1. The standard InChI is InChI=1S/C27H25N3O3S/c1-18-10-11-19(2)25(15-18)30-34(32,33)26-16-21(13-12-20(26)3)27(31)29-24-9-5-4-8-23(24)22-7-6-14-28-17-22/h4-17,30H,1-3H3,(H,29,31). The Bertz CT molecular complexity index is 1470. The lowest BCUT2D eigenvalue weighted by Crippen LogP contribution is -2.18. The number of amides is 1. The van der Waals surface area contributed by atoms with Crippen LogP contribution >= 0.6 is 0 Å². The van der Waals surface area contributed by atoms with Gasteiger partial charge < -0.3 is 5.32 Å². The van der Waals surface area contributed by atoms with Crippen LogP contribution in [0.25, 0.3) is 11.1 Å². The molecule has 7 heteroatoms. The number of pyridine rings is 1. The van der Waals surface area contributed by atoms with Crippen LogP contribution < -0.4 is 10.0 Å². The fourth-order valence-electron chi connectivity index (χ4n) is 3.64. The maximum Gasteiger partial charge on any atom is 0.262 e. The van der Waals surface area contributed by atoms with Crippen molar-refractivity contribution < 1.29 is 13.2 Å². The van der Waals surface area contributed by atoms with Gasteiger partial charge in [-0.25, -0.2) is 8.42 Å². The summed E-state index contributed by atoms with van der Waals surface area (Å²) in [5, 5.41) is 2.91. The molecule has 0 bridgehead atoms. The van der Waals surface area contributed by atoms with Crippen LogP contribution in [0.1, 0.15) is 27.0 Å². The average molecular weight is 472 g/mol. The van der Waals surface area contributed by atoms with Crippen molar-refractivity contribution >= 4 is 27.3 Å². The summed E-state index contributed by atoms with van der Waals surface area (Å²) in [5.41, 5.74) is 5.36. The summed E-state index contributed by atoms with van der Waals surface area (Å²) in [4.78, 5) is 17.3. The van der Waals surface area contributed by atoms with Crippen LogP contribution in [0.2, 0.25) is 0 Å². The van der Waals surface area contributed by atoms with Crippen molar-refractivity contribution in [3.63, 3.8) is 0 Å². The van der Waals surface area contributed by atoms with E-state index in [2.05, 4.69) is 15.0 Å². The first-order valence-corrected chi connectivity index (χ1v) is 12.2. The summed E-state index contributed by atoms with van der Waals surface area (Å²) in [6, 6.07) is 21.4. The molecule has 0 aliphatic heterocycles. The molecule has 0 saturated carbocycles. The molecule has 0 spiro atoms. The van der Waals surface area contributed by atoms with Gasteiger partial charge >= 0.3 is 0 Å². The molecule has 6 nitrogen and oxygen atoms in total. The van der Waals surface area contributed by atoms with Crippen molar-refractivity contribution in [1.29, 1.82) is 0 Å². The Balaban J connectivity index is 1.64. The maximum absolute atomic E-state index is 13.2. The predicted molar refractivity (Wildman–Crippen MR) is 136 cm³/mol. The lowest BCUT2D eigenvalue weighted by molar-refractivity contribution is 0.102. The van der Waals surface area contributed by atoms with E-state index in [0.29, 0.717) is 16.9 Å². The minimum absolute atomic E-state index is 0.0570. The first-order chi connectivity index (χ1) is 16.2. The number of nitrogens with one attached hydrogen (secondary N) is 2. The summed E-state index contributed by atoms with van der Waals surface area (Å²) in [6.45, 7) is 5.45. The van der Waals surface area contributed by atoms with Gasteiger partial charge in [0.2, 0.25) is 0 Å². The van der Waals surface area contributed by atoms with Crippen molar-refractivity contribution in [2.75, 3.05) is 10.0 Å². The van der Waals surface area contributed by atoms with Gasteiger partial charge in [0.05, 0.1) is 10.6 Å². The summed E-state index contributed by atoms with van der Waals surface area (Å²) in [7, 11) is -3.90. The zero-order chi connectivity index (χ0) is 24.3. The second-order valence-corrected chi connectivity index (χ2v) is 9.80. The number of carbonyl (C=O) groups excluding carboxylic acids is 1. The van der Waals surface area contributed by atoms with E-state index in [-0.39, 0.29) is 10.5 Å². The second kappa shape index (κ2) is 9.49. The summed E-state index contributed by atoms with van der Waals surface area (Å²) >= 11 is 0. The molecular formula is C27H25N3O3S. The molecular weight excluding hydrogens is 446 g/mol. The molecule has 1 heterocycles. The topological polar surface area (TPSA) is 88.2 Å². The van der Waals surface area contributed by atoms with E-state index in [1.807, 2.05) is 56.3 Å². The van der Waals surface area contributed by atoms with Gasteiger partial charge in [0.15, 0.2) is 0 Å². The Morgan fingerprint density at radius 3 is 2.35 bits per heavy atom. The largest absolute Gasteiger partial charge is 0.321 e. The van der Waals surface area contributed by atoms with E-state index in [4.69, 9.17) is 0 Å². The van der Waals surface area contributed by atoms with Crippen LogP contribution in [0, 0.1) is 20.8 Å². The van der Waals surface area contributed by atoms with Crippen LogP contribution in [0.5, 0.6) is 0 Å². The second-order valence-electron chi connectivity index (χ2n) is 8.15. The number of nitrogens with zero attached hydrogens (tertiary/aromatic N) is 1. The molecule has 34 heavy (non-hydrogen) atoms. The van der Waals surface area contributed by atoms with Crippen LogP contribution in [0.15, 0.2) is 90.1 Å². The summed E-state index contributed by atoms with van der Waals surface area (Å²) in [5.74, 6) is -0.403. The third-order valence-electron chi connectivity index (χ3n) is 5.53. The number of rotatable bonds is 6. The van der Waals surface area contributed by atoms with Gasteiger partial charge in [0.1, 0.15) is 0 Å². The molecule has 0 atom stereocenters. The molecule has 1 amide bonds. The first-order valence-electron chi connectivity index (χ1n) is 10.8. The van der Waals surface area contributed by atoms with E-state index in [9.17, 15) is 13.2 Å². The third-order valence-corrected chi connectivity index (χ3v) is 7.03. The first kappa shape index (κ1) is 23.2. The van der Waals surface area contributed by atoms with Crippen LogP contribution in [0.4, 0.5) is 11.4 Å². The van der Waals surface area contributed by atoms with Crippen LogP contribution in [0.3, 0.4) is 0 Å². The minimum atomic E-state index is -3.90. The lowest BCUT2D eigenvalue weighted by Gasteiger charge is -2.15. The monoisotopic (exact) mass is 471 g/mol. The Morgan fingerprint density at radius 1 is 0.824 bits per heavy atom. The Labute approximate surface area is 199 Å². The number of carbonyl (C=O) groups is 1. The number of benzene rings is 3. The van der Waals surface area contributed by atoms with Crippen molar-refractivity contribution in [3.05, 3.63) is 107 Å². The van der Waals surface area contributed by atoms with E-state index in [0.717, 1.165) is 22.3 Å². The Morgan fingerprint density at radius 2 is 1.59 bits per heavy atom. The van der Waals surface area contributed by atoms with E-state index in [1.54, 1.807) is 43.6 Å². The van der Waals surface area contributed by atoms with Gasteiger partial charge in [0.25, 0.3) is 15.9 Å². The van der Waals surface area contributed by atoms with Gasteiger partial charge in [-0.15, -0.1) is 0 Å². The van der Waals surface area contributed by atoms with Crippen molar-refractivity contribution in [3.8, 4) is 11.1 Å². The highest BCUT2D eigenvalue weighted by molar-refractivity contribution is 7.92. The van der Waals surface area contributed by atoms with E-state index >= 15 is 0 Å². The van der Waals surface area contributed by atoms with Crippen molar-refractivity contribution in [2.45, 2.75) is 25.7 Å². The van der Waals surface area contributed by atoms with Gasteiger partial charge in [0, 0.05) is 34.8 Å². The van der Waals surface area contributed by atoms with E-state index < -0.39 is 15.9 Å². The molecule has 0 fully saturated rings. The van der Waals surface area contributed by atoms with Gasteiger partial charge in [-0.1, -0.05) is 42.5 Å². The minimum Gasteiger partial charge on any atom is -0.321 e. The van der Waals surface area contributed by atoms with Gasteiger partial charge in [-0.3, -0.25) is 14.5 Å². The quantitative estimate of drug-likeness (QED) is 0.376. The maximum atomic E-state index is 13.2. The summed E-state index contributed by atoms with van der Waals surface area (Å²) in [6.07, 6.45) is 3.41. The number of para-hydroxylation sites is 1. The van der Waals surface area contributed by atoms with Crippen LogP contribution in [-0.4, -0.2) is 19.3 Å². The molecule has 1 aromatic heterocycles. The fraction of sp³-hybridized carbons (Fsp3) is 0.111. The van der Waals surface area contributed by atoms with E-state index in [1.165, 1.54) is 6.07 Å². The van der Waals surface area contributed by atoms with Crippen molar-refractivity contribution in [1.82, 2.24) is 4.98 Å². The molecule has 4 rings (SSSR count). The molecule has 0 radical (unpaired) electrons. The van der Waals surface area contributed by atoms with Crippen molar-refractivity contribution in [2.24, 2.45) is 0 Å². The molecule has 3 aromatic carbocycles. The molecule has 0 saturated heterocycles. The molecule has 0 aliphatic carbocycles. The number of hydrogen-bond donors (Lipinski definition) is 2. The molecule has 0 unspecified atom stereocenters. The number of hydrogen-bond acceptors (Lipinski definition) is 4. The van der Waals surface area contributed by atoms with Gasteiger partial charge in [-0.05, 0) is 67.8 Å². The molecule has 172 valence electrons. The van der Waals surface area contributed by atoms with Crippen LogP contribution in [-0.2, 0) is 10.0 Å². The zero-order valence-electron chi connectivity index (χ0n) is 19.2. The van der Waals surface area contributed by atoms with Gasteiger partial charge in [-0.2, -0.15) is 0 Å². The number of aryl methyl sites for hydroxylation is 3. The third kappa shape index (κ3) is 5.00. The number of aromatic nitrogens is 1. The molecule has 0 aliphatic rings. The highest BCUT2D eigenvalue weighted by atomic mass is 32.2. The predicted octanol–water partition coefficient (Wildman–Crippen LogP) is 5.73. The number of sulfonamides is 1. The molecule has 4 aromatic rings. The zero-order valence-corrected chi connectivity index (χ0v) is 20.0. The normalized spacial score (nSPS) is 11.1. The SMILES string of the molecule is Cc1ccc(C)c(NS(=O)(=O)c2cc(C(=O)Nc3ccccc3-c3cccnc3)ccc2C)c1. The Kier molecular flexibility index (Phi) is 6.47. The number of anilines is 2. The smallest absolute Gasteiger partial charge is 0.262 e. The Hall–Kier alpha value is -3.97. The average Bonchev–Trinajstić information content (AvgIpc) is 2.82. The highest BCUT2D eigenvalue weighted by Gasteiger charge is 2.21.